The molecule has 2 N–H and O–H groups in total. The topological polar surface area (TPSA) is 73.3 Å². The van der Waals surface area contributed by atoms with Crippen molar-refractivity contribution in [1.82, 2.24) is 0 Å². The van der Waals surface area contributed by atoms with Gasteiger partial charge in [0.25, 0.3) is 0 Å². The van der Waals surface area contributed by atoms with Crippen LogP contribution in [-0.4, -0.2) is 15.9 Å². The van der Waals surface area contributed by atoms with Gasteiger partial charge in [0, 0.05) is 15.7 Å². The van der Waals surface area contributed by atoms with Gasteiger partial charge in [-0.25, -0.2) is 4.39 Å². The van der Waals surface area contributed by atoms with E-state index in [0.717, 1.165) is 11.5 Å². The molecule has 0 aliphatic carbocycles. The number of benzene rings is 2. The number of fused-ring (bicyclic) bond motifs is 3. The highest BCUT2D eigenvalue weighted by Gasteiger charge is 2.16. The maximum Gasteiger partial charge on any atom is 0.230 e. The molecule has 102 valence electrons. The zero-order valence-corrected chi connectivity index (χ0v) is 11.1. The van der Waals surface area contributed by atoms with Crippen LogP contribution in [0.5, 0.6) is 0 Å². The number of carbonyl (C=O) groups is 1. The molecule has 1 aromatic heterocycles. The minimum absolute atomic E-state index is 0.117. The van der Waals surface area contributed by atoms with Gasteiger partial charge in [0.2, 0.25) is 5.91 Å². The number of para-hydroxylation sites is 1. The number of nitrogens with two attached hydrogens (primary N) is 1. The van der Waals surface area contributed by atoms with Crippen molar-refractivity contribution in [2.45, 2.75) is 4.90 Å². The Morgan fingerprint density at radius 3 is 2.75 bits per heavy atom. The van der Waals surface area contributed by atoms with Crippen LogP contribution in [0.2, 0.25) is 0 Å². The standard InChI is InChI=1S/C14H10FNO3S/c15-11-6-8(20(18)7-13(16)17)5-10-9-3-1-2-4-12(9)19-14(10)11/h1-6H,7H2,(H2,16,17). The molecule has 0 fully saturated rings. The van der Waals surface area contributed by atoms with Crippen LogP contribution in [0.15, 0.2) is 45.7 Å². The van der Waals surface area contributed by atoms with Crippen LogP contribution in [0.4, 0.5) is 4.39 Å². The Balaban J connectivity index is 2.24. The summed E-state index contributed by atoms with van der Waals surface area (Å²) in [5, 5.41) is 1.27. The normalized spacial score (nSPS) is 12.8. The fourth-order valence-corrected chi connectivity index (χ4v) is 3.01. The van der Waals surface area contributed by atoms with Crippen LogP contribution < -0.4 is 5.73 Å². The highest BCUT2D eigenvalue weighted by atomic mass is 32.2. The molecular formula is C14H10FNO3S. The molecular weight excluding hydrogens is 281 g/mol. The molecule has 6 heteroatoms. The lowest BCUT2D eigenvalue weighted by Gasteiger charge is -2.01. The van der Waals surface area contributed by atoms with Crippen molar-refractivity contribution in [3.8, 4) is 0 Å². The fraction of sp³-hybridized carbons (Fsp3) is 0.0714. The van der Waals surface area contributed by atoms with Crippen molar-refractivity contribution in [2.75, 3.05) is 5.75 Å². The van der Waals surface area contributed by atoms with Gasteiger partial charge in [-0.05, 0) is 18.2 Å². The molecule has 3 rings (SSSR count). The first kappa shape index (κ1) is 12.8. The Bertz CT molecular complexity index is 856. The van der Waals surface area contributed by atoms with E-state index in [1.165, 1.54) is 0 Å². The first-order valence-electron chi connectivity index (χ1n) is 5.84. The number of rotatable bonds is 3. The van der Waals surface area contributed by atoms with E-state index in [1.54, 1.807) is 24.3 Å². The number of carbonyl (C=O) groups excluding carboxylic acids is 1. The Morgan fingerprint density at radius 2 is 2.00 bits per heavy atom. The van der Waals surface area contributed by atoms with Gasteiger partial charge < -0.3 is 10.2 Å². The second-order valence-corrected chi connectivity index (χ2v) is 5.79. The summed E-state index contributed by atoms with van der Waals surface area (Å²) in [6.07, 6.45) is 0. The predicted octanol–water partition coefficient (Wildman–Crippen LogP) is 2.32. The zero-order chi connectivity index (χ0) is 14.3. The van der Waals surface area contributed by atoms with E-state index in [-0.39, 0.29) is 16.2 Å². The Hall–Kier alpha value is -2.21. The van der Waals surface area contributed by atoms with Gasteiger partial charge in [0.05, 0.1) is 10.8 Å². The summed E-state index contributed by atoms with van der Waals surface area (Å²) in [6.45, 7) is 0. The molecule has 2 aromatic carbocycles. The van der Waals surface area contributed by atoms with Crippen molar-refractivity contribution >= 4 is 38.6 Å². The lowest BCUT2D eigenvalue weighted by atomic mass is 10.1. The van der Waals surface area contributed by atoms with Crippen molar-refractivity contribution in [2.24, 2.45) is 5.73 Å². The average molecular weight is 291 g/mol. The summed E-state index contributed by atoms with van der Waals surface area (Å²) in [5.74, 6) is -1.63. The number of hydrogen-bond donors (Lipinski definition) is 1. The minimum Gasteiger partial charge on any atom is -0.453 e. The Morgan fingerprint density at radius 1 is 1.25 bits per heavy atom. The largest absolute Gasteiger partial charge is 0.453 e. The summed E-state index contributed by atoms with van der Waals surface area (Å²) < 4.78 is 31.4. The summed E-state index contributed by atoms with van der Waals surface area (Å²) in [6, 6.07) is 9.81. The van der Waals surface area contributed by atoms with Gasteiger partial charge in [-0.2, -0.15) is 0 Å². The van der Waals surface area contributed by atoms with Gasteiger partial charge in [-0.15, -0.1) is 0 Å². The number of furan rings is 1. The van der Waals surface area contributed by atoms with Crippen LogP contribution in [-0.2, 0) is 15.6 Å². The van der Waals surface area contributed by atoms with Crippen LogP contribution >= 0.6 is 0 Å². The molecule has 0 spiro atoms. The van der Waals surface area contributed by atoms with Gasteiger partial charge in [0.15, 0.2) is 11.4 Å². The van der Waals surface area contributed by atoms with Crippen LogP contribution in [0, 0.1) is 5.82 Å². The van der Waals surface area contributed by atoms with Gasteiger partial charge in [-0.1, -0.05) is 18.2 Å². The third-order valence-electron chi connectivity index (χ3n) is 2.94. The van der Waals surface area contributed by atoms with Crippen molar-refractivity contribution in [1.29, 1.82) is 0 Å². The second-order valence-electron chi connectivity index (χ2n) is 4.34. The molecule has 1 amide bonds. The molecule has 0 saturated carbocycles. The summed E-state index contributed by atoms with van der Waals surface area (Å²) in [4.78, 5) is 11.0. The highest BCUT2D eigenvalue weighted by molar-refractivity contribution is 7.85. The third kappa shape index (κ3) is 2.08. The monoisotopic (exact) mass is 291 g/mol. The molecule has 0 aliphatic heterocycles. The number of halogens is 1. The van der Waals surface area contributed by atoms with Crippen LogP contribution in [0.3, 0.4) is 0 Å². The average Bonchev–Trinajstić information content (AvgIpc) is 2.77. The lowest BCUT2D eigenvalue weighted by Crippen LogP contribution is -2.19. The zero-order valence-electron chi connectivity index (χ0n) is 10.3. The Kier molecular flexibility index (Phi) is 3.02. The first-order valence-corrected chi connectivity index (χ1v) is 7.15. The highest BCUT2D eigenvalue weighted by Crippen LogP contribution is 2.31. The van der Waals surface area contributed by atoms with E-state index in [4.69, 9.17) is 10.2 Å². The molecule has 3 aromatic rings. The van der Waals surface area contributed by atoms with Crippen molar-refractivity contribution in [3.05, 3.63) is 42.2 Å². The molecule has 0 bridgehead atoms. The Labute approximate surface area is 115 Å². The number of amides is 1. The molecule has 20 heavy (non-hydrogen) atoms. The fourth-order valence-electron chi connectivity index (χ4n) is 2.10. The number of primary amides is 1. The summed E-state index contributed by atoms with van der Waals surface area (Å²) in [5.41, 5.74) is 5.68. The maximum absolute atomic E-state index is 14.0. The van der Waals surface area contributed by atoms with Crippen molar-refractivity contribution < 1.29 is 17.8 Å². The van der Waals surface area contributed by atoms with E-state index in [9.17, 15) is 13.4 Å². The van der Waals surface area contributed by atoms with E-state index in [0.29, 0.717) is 11.0 Å². The second kappa shape index (κ2) is 4.72. The number of hydrogen-bond acceptors (Lipinski definition) is 3. The van der Waals surface area contributed by atoms with E-state index in [2.05, 4.69) is 0 Å². The predicted molar refractivity (Wildman–Crippen MR) is 74.1 cm³/mol. The third-order valence-corrected chi connectivity index (χ3v) is 4.25. The van der Waals surface area contributed by atoms with Crippen LogP contribution in [0.1, 0.15) is 0 Å². The van der Waals surface area contributed by atoms with Gasteiger partial charge in [0.1, 0.15) is 11.3 Å². The smallest absolute Gasteiger partial charge is 0.230 e. The molecule has 1 atom stereocenters. The quantitative estimate of drug-likeness (QED) is 0.804. The van der Waals surface area contributed by atoms with E-state index in [1.807, 2.05) is 6.07 Å². The molecule has 0 aliphatic rings. The summed E-state index contributed by atoms with van der Waals surface area (Å²) in [7, 11) is -1.66. The summed E-state index contributed by atoms with van der Waals surface area (Å²) >= 11 is 0. The van der Waals surface area contributed by atoms with Crippen LogP contribution in [0.25, 0.3) is 21.9 Å². The van der Waals surface area contributed by atoms with E-state index < -0.39 is 22.5 Å². The molecule has 0 saturated heterocycles. The van der Waals surface area contributed by atoms with Crippen molar-refractivity contribution in [3.63, 3.8) is 0 Å². The molecule has 1 unspecified atom stereocenters. The van der Waals surface area contributed by atoms with Gasteiger partial charge >= 0.3 is 0 Å². The maximum atomic E-state index is 14.0. The molecule has 1 heterocycles. The lowest BCUT2D eigenvalue weighted by molar-refractivity contribution is -0.115. The molecule has 4 nitrogen and oxygen atoms in total. The van der Waals surface area contributed by atoms with Gasteiger partial charge in [-0.3, -0.25) is 9.00 Å². The van der Waals surface area contributed by atoms with E-state index >= 15 is 0 Å². The SMILES string of the molecule is NC(=O)CS(=O)c1cc(F)c2oc3ccccc3c2c1. The molecule has 0 radical (unpaired) electrons. The minimum atomic E-state index is -1.66. The first-order chi connectivity index (χ1) is 9.56.